The Balaban J connectivity index is 1.56. The van der Waals surface area contributed by atoms with Crippen LogP contribution in [0.3, 0.4) is 0 Å². The highest BCUT2D eigenvalue weighted by Crippen LogP contribution is 2.43. The summed E-state index contributed by atoms with van der Waals surface area (Å²) in [6.45, 7) is 15.3. The summed E-state index contributed by atoms with van der Waals surface area (Å²) in [5.41, 5.74) is 1.81. The molecule has 7 nitrogen and oxygen atoms in total. The molecule has 0 aromatic heterocycles. The summed E-state index contributed by atoms with van der Waals surface area (Å²) in [6, 6.07) is 18.6. The molecule has 1 saturated heterocycles. The number of hydrogen-bond donors (Lipinski definition) is 1. The van der Waals surface area contributed by atoms with Crippen molar-refractivity contribution in [1.82, 2.24) is 5.32 Å². The molecule has 4 rings (SSSR count). The maximum absolute atomic E-state index is 13.5. The van der Waals surface area contributed by atoms with Crippen molar-refractivity contribution in [3.05, 3.63) is 95.6 Å². The quantitative estimate of drug-likeness (QED) is 0.195. The van der Waals surface area contributed by atoms with E-state index in [0.717, 1.165) is 11.1 Å². The number of hydrogen-bond acceptors (Lipinski definition) is 6. The molecule has 5 atom stereocenters. The summed E-state index contributed by atoms with van der Waals surface area (Å²) in [5.74, 6) is -0.442. The molecule has 1 amide bonds. The zero-order chi connectivity index (χ0) is 32.0. The van der Waals surface area contributed by atoms with E-state index in [-0.39, 0.29) is 48.2 Å². The van der Waals surface area contributed by atoms with E-state index in [1.54, 1.807) is 24.3 Å². The molecule has 1 fully saturated rings. The maximum Gasteiger partial charge on any atom is 0.338 e. The minimum atomic E-state index is -2.16. The highest BCUT2D eigenvalue weighted by atomic mass is 28.4. The molecule has 2 aromatic carbocycles. The molecule has 2 aromatic rings. The summed E-state index contributed by atoms with van der Waals surface area (Å²) in [4.78, 5) is 25.9. The normalized spacial score (nSPS) is 27.1. The molecule has 2 heterocycles. The predicted molar refractivity (Wildman–Crippen MR) is 176 cm³/mol. The Kier molecular flexibility index (Phi) is 11.1. The lowest BCUT2D eigenvalue weighted by molar-refractivity contribution is -0.123. The smallest absolute Gasteiger partial charge is 0.338 e. The fourth-order valence-electron chi connectivity index (χ4n) is 5.27. The zero-order valence-electron chi connectivity index (χ0n) is 27.3. The van der Waals surface area contributed by atoms with Crippen LogP contribution in [0.4, 0.5) is 0 Å². The van der Waals surface area contributed by atoms with Gasteiger partial charge in [0.25, 0.3) is 0 Å². The molecular formula is C36H49NO6Si. The number of rotatable bonds is 7. The first-order chi connectivity index (χ1) is 20.8. The molecular weight excluding hydrogens is 570 g/mol. The van der Waals surface area contributed by atoms with Crippen molar-refractivity contribution < 1.29 is 28.2 Å². The van der Waals surface area contributed by atoms with Gasteiger partial charge in [0, 0.05) is 5.56 Å². The van der Waals surface area contributed by atoms with E-state index >= 15 is 0 Å². The number of nitrogens with one attached hydrogen (secondary N) is 1. The van der Waals surface area contributed by atoms with Crippen LogP contribution in [0.2, 0.25) is 18.1 Å². The van der Waals surface area contributed by atoms with Crippen LogP contribution >= 0.6 is 0 Å². The SMILES string of the molecule is CC(=CCOC(=O)c1ccccc1)[C@@H]1CC=C[C@@H]2O[C@H](c3ccccc3)O[C@]2(C)CC[C@@H](O[Si](C)(C)C(C)(C)C)CC(=O)N1. The Morgan fingerprint density at radius 1 is 1.09 bits per heavy atom. The van der Waals surface area contributed by atoms with Gasteiger partial charge < -0.3 is 24.0 Å². The van der Waals surface area contributed by atoms with Gasteiger partial charge >= 0.3 is 5.97 Å². The summed E-state index contributed by atoms with van der Waals surface area (Å²) in [7, 11) is -2.16. The van der Waals surface area contributed by atoms with Gasteiger partial charge in [0.2, 0.25) is 5.91 Å². The number of esters is 1. The van der Waals surface area contributed by atoms with Crippen LogP contribution in [0.15, 0.2) is 84.5 Å². The van der Waals surface area contributed by atoms with Gasteiger partial charge in [-0.25, -0.2) is 4.79 Å². The lowest BCUT2D eigenvalue weighted by atomic mass is 9.90. The van der Waals surface area contributed by atoms with Crippen molar-refractivity contribution in [3.63, 3.8) is 0 Å². The van der Waals surface area contributed by atoms with E-state index in [1.807, 2.05) is 49.4 Å². The minimum Gasteiger partial charge on any atom is -0.458 e. The number of benzene rings is 2. The first-order valence-corrected chi connectivity index (χ1v) is 18.6. The molecule has 2 aliphatic heterocycles. The summed E-state index contributed by atoms with van der Waals surface area (Å²) in [6.07, 6.45) is 7.15. The van der Waals surface area contributed by atoms with E-state index in [1.165, 1.54) is 0 Å². The third kappa shape index (κ3) is 8.78. The van der Waals surface area contributed by atoms with Crippen LogP contribution < -0.4 is 5.32 Å². The van der Waals surface area contributed by atoms with Gasteiger partial charge in [-0.2, -0.15) is 0 Å². The largest absolute Gasteiger partial charge is 0.458 e. The zero-order valence-corrected chi connectivity index (χ0v) is 28.3. The Morgan fingerprint density at radius 3 is 2.41 bits per heavy atom. The van der Waals surface area contributed by atoms with E-state index in [9.17, 15) is 9.59 Å². The Morgan fingerprint density at radius 2 is 1.75 bits per heavy atom. The fraction of sp³-hybridized carbons (Fsp3) is 0.500. The number of fused-ring (bicyclic) bond motifs is 1. The second-order valence-electron chi connectivity index (χ2n) is 13.7. The van der Waals surface area contributed by atoms with Crippen LogP contribution in [0, 0.1) is 0 Å². The minimum absolute atomic E-state index is 0.00670. The van der Waals surface area contributed by atoms with Gasteiger partial charge in [-0.15, -0.1) is 0 Å². The average molecular weight is 620 g/mol. The van der Waals surface area contributed by atoms with Gasteiger partial charge in [0.1, 0.15) is 12.7 Å². The third-order valence-corrected chi connectivity index (χ3v) is 13.7. The first kappa shape index (κ1) is 33.8. The molecule has 44 heavy (non-hydrogen) atoms. The summed E-state index contributed by atoms with van der Waals surface area (Å²) in [5, 5.41) is 3.23. The number of carbonyl (C=O) groups is 2. The molecule has 0 unspecified atom stereocenters. The van der Waals surface area contributed by atoms with Gasteiger partial charge in [-0.1, -0.05) is 87.0 Å². The Bertz CT molecular complexity index is 1320. The average Bonchev–Trinajstić information content (AvgIpc) is 3.31. The second-order valence-corrected chi connectivity index (χ2v) is 18.4. The number of carbonyl (C=O) groups excluding carboxylic acids is 2. The summed E-state index contributed by atoms with van der Waals surface area (Å²) < 4.78 is 25.4. The van der Waals surface area contributed by atoms with Crippen LogP contribution in [-0.4, -0.2) is 50.7 Å². The van der Waals surface area contributed by atoms with E-state index in [2.05, 4.69) is 58.3 Å². The van der Waals surface area contributed by atoms with Crippen LogP contribution in [-0.2, 0) is 23.4 Å². The molecule has 0 spiro atoms. The van der Waals surface area contributed by atoms with Gasteiger partial charge in [-0.3, -0.25) is 4.79 Å². The second kappa shape index (κ2) is 14.4. The Hall–Kier alpha value is -3.04. The van der Waals surface area contributed by atoms with Gasteiger partial charge in [-0.05, 0) is 69.5 Å². The highest BCUT2D eigenvalue weighted by Gasteiger charge is 2.46. The van der Waals surface area contributed by atoms with Crippen molar-refractivity contribution in [1.29, 1.82) is 0 Å². The van der Waals surface area contributed by atoms with Crippen molar-refractivity contribution in [3.8, 4) is 0 Å². The van der Waals surface area contributed by atoms with Crippen LogP contribution in [0.5, 0.6) is 0 Å². The topological polar surface area (TPSA) is 83.1 Å². The molecule has 0 saturated carbocycles. The standard InChI is InChI=1S/C36H49NO6Si/c1-26(22-24-40-33(39)27-15-10-8-11-16-27)30-19-14-20-31-36(5,42-34(41-31)28-17-12-9-13-18-28)23-21-29(25-32(38)37-30)43-44(6,7)35(2,3)4/h8-18,20,22,29-31,34H,19,21,23-25H2,1-7H3,(H,37,38)/t29-,30+,31+,34+,36-/m1/s1. The van der Waals surface area contributed by atoms with Crippen LogP contribution in [0.1, 0.15) is 82.5 Å². The van der Waals surface area contributed by atoms with E-state index < -0.39 is 20.2 Å². The molecule has 0 aliphatic carbocycles. The molecule has 1 N–H and O–H groups in total. The molecule has 238 valence electrons. The van der Waals surface area contributed by atoms with Crippen molar-refractivity contribution in [2.45, 2.75) is 109 Å². The van der Waals surface area contributed by atoms with E-state index in [4.69, 9.17) is 18.6 Å². The number of ether oxygens (including phenoxy) is 3. The van der Waals surface area contributed by atoms with Crippen LogP contribution in [0.25, 0.3) is 0 Å². The monoisotopic (exact) mass is 619 g/mol. The third-order valence-electron chi connectivity index (χ3n) is 9.16. The lowest BCUT2D eigenvalue weighted by Crippen LogP contribution is -2.47. The Labute approximate surface area is 264 Å². The van der Waals surface area contributed by atoms with Crippen molar-refractivity contribution >= 4 is 20.2 Å². The first-order valence-electron chi connectivity index (χ1n) is 15.7. The van der Waals surface area contributed by atoms with E-state index in [0.29, 0.717) is 24.8 Å². The highest BCUT2D eigenvalue weighted by molar-refractivity contribution is 6.74. The van der Waals surface area contributed by atoms with Gasteiger partial charge in [0.15, 0.2) is 14.6 Å². The fourth-order valence-corrected chi connectivity index (χ4v) is 6.66. The molecule has 0 radical (unpaired) electrons. The lowest BCUT2D eigenvalue weighted by Gasteiger charge is -2.40. The number of amides is 1. The maximum atomic E-state index is 13.5. The summed E-state index contributed by atoms with van der Waals surface area (Å²) >= 11 is 0. The van der Waals surface area contributed by atoms with Crippen molar-refractivity contribution in [2.75, 3.05) is 6.61 Å². The van der Waals surface area contributed by atoms with Gasteiger partial charge in [0.05, 0.1) is 29.7 Å². The molecule has 2 aliphatic rings. The van der Waals surface area contributed by atoms with Crippen molar-refractivity contribution in [2.24, 2.45) is 0 Å². The predicted octanol–water partition coefficient (Wildman–Crippen LogP) is 7.67. The molecule has 8 heteroatoms. The molecule has 0 bridgehead atoms.